The second kappa shape index (κ2) is 6.32. The molecule has 1 aromatic rings. The molecule has 98 valence electrons. The number of benzene rings is 1. The Kier molecular flexibility index (Phi) is 4.75. The Labute approximate surface area is 112 Å². The van der Waals surface area contributed by atoms with Crippen LogP contribution in [0.25, 0.3) is 0 Å². The quantitative estimate of drug-likeness (QED) is 0.770. The summed E-state index contributed by atoms with van der Waals surface area (Å²) in [4.78, 5) is 12.1. The fraction of sp³-hybridized carbons (Fsp3) is 0.500. The first-order valence-electron chi connectivity index (χ1n) is 6.20. The van der Waals surface area contributed by atoms with Crippen molar-refractivity contribution in [1.29, 1.82) is 0 Å². The molecule has 0 spiro atoms. The van der Waals surface area contributed by atoms with E-state index >= 15 is 0 Å². The molecule has 1 aromatic carbocycles. The first-order chi connectivity index (χ1) is 8.66. The van der Waals surface area contributed by atoms with Crippen molar-refractivity contribution in [3.8, 4) is 0 Å². The molecule has 2 atom stereocenters. The molecular weight excluding hydrogens is 252 g/mol. The molecule has 0 N–H and O–H groups in total. The standard InChI is InChI=1S/C14H17ClO3/c1-10(18-9-13-3-2-8-17-13)14(16)11-4-6-12(15)7-5-11/h4-7,10,13H,2-3,8-9H2,1H3. The van der Waals surface area contributed by atoms with Crippen molar-refractivity contribution in [3.63, 3.8) is 0 Å². The zero-order valence-corrected chi connectivity index (χ0v) is 11.2. The van der Waals surface area contributed by atoms with Crippen molar-refractivity contribution in [2.45, 2.75) is 32.0 Å². The van der Waals surface area contributed by atoms with Crippen molar-refractivity contribution in [2.24, 2.45) is 0 Å². The van der Waals surface area contributed by atoms with Gasteiger partial charge in [-0.1, -0.05) is 11.6 Å². The van der Waals surface area contributed by atoms with Gasteiger partial charge in [-0.3, -0.25) is 4.79 Å². The van der Waals surface area contributed by atoms with Crippen LogP contribution >= 0.6 is 11.6 Å². The average Bonchev–Trinajstić information content (AvgIpc) is 2.89. The van der Waals surface area contributed by atoms with Crippen molar-refractivity contribution in [3.05, 3.63) is 34.9 Å². The maximum absolute atomic E-state index is 12.1. The number of ketones is 1. The molecule has 0 bridgehead atoms. The summed E-state index contributed by atoms with van der Waals surface area (Å²) in [5.74, 6) is -0.0235. The zero-order chi connectivity index (χ0) is 13.0. The third-order valence-corrected chi connectivity index (χ3v) is 3.31. The molecule has 1 fully saturated rings. The van der Waals surface area contributed by atoms with Gasteiger partial charge in [-0.05, 0) is 44.0 Å². The van der Waals surface area contributed by atoms with Gasteiger partial charge in [0.05, 0.1) is 12.7 Å². The van der Waals surface area contributed by atoms with Crippen LogP contribution in [0, 0.1) is 0 Å². The van der Waals surface area contributed by atoms with Crippen molar-refractivity contribution >= 4 is 17.4 Å². The summed E-state index contributed by atoms with van der Waals surface area (Å²) in [7, 11) is 0. The molecule has 3 nitrogen and oxygen atoms in total. The summed E-state index contributed by atoms with van der Waals surface area (Å²) < 4.78 is 11.0. The predicted molar refractivity (Wildman–Crippen MR) is 70.2 cm³/mol. The second-order valence-electron chi connectivity index (χ2n) is 4.48. The van der Waals surface area contributed by atoms with Crippen LogP contribution in [0.15, 0.2) is 24.3 Å². The highest BCUT2D eigenvalue weighted by molar-refractivity contribution is 6.30. The Morgan fingerprint density at radius 2 is 2.22 bits per heavy atom. The van der Waals surface area contributed by atoms with E-state index < -0.39 is 6.10 Å². The van der Waals surface area contributed by atoms with E-state index in [0.717, 1.165) is 19.4 Å². The minimum atomic E-state index is -0.449. The fourth-order valence-electron chi connectivity index (χ4n) is 1.95. The topological polar surface area (TPSA) is 35.5 Å². The molecule has 0 aromatic heterocycles. The van der Waals surface area contributed by atoms with E-state index in [9.17, 15) is 4.79 Å². The Hall–Kier alpha value is -0.900. The number of ether oxygens (including phenoxy) is 2. The number of carbonyl (C=O) groups is 1. The summed E-state index contributed by atoms with van der Waals surface area (Å²) >= 11 is 5.78. The first-order valence-corrected chi connectivity index (χ1v) is 6.57. The average molecular weight is 269 g/mol. The molecule has 0 aliphatic carbocycles. The minimum Gasteiger partial charge on any atom is -0.376 e. The normalized spacial score (nSPS) is 20.9. The molecule has 1 saturated heterocycles. The number of rotatable bonds is 5. The van der Waals surface area contributed by atoms with Gasteiger partial charge in [0.25, 0.3) is 0 Å². The van der Waals surface area contributed by atoms with Gasteiger partial charge in [0.1, 0.15) is 6.10 Å². The smallest absolute Gasteiger partial charge is 0.191 e. The molecule has 0 amide bonds. The molecule has 1 aliphatic heterocycles. The van der Waals surface area contributed by atoms with Crippen LogP contribution in [0.2, 0.25) is 5.02 Å². The molecule has 2 rings (SSSR count). The maximum atomic E-state index is 12.1. The summed E-state index contributed by atoms with van der Waals surface area (Å²) in [5.41, 5.74) is 0.624. The largest absolute Gasteiger partial charge is 0.376 e. The fourth-order valence-corrected chi connectivity index (χ4v) is 2.08. The molecular formula is C14H17ClO3. The number of Topliss-reactive ketones (excluding diaryl/α,β-unsaturated/α-hetero) is 1. The minimum absolute atomic E-state index is 0.0235. The Bertz CT molecular complexity index is 396. The van der Waals surface area contributed by atoms with E-state index in [-0.39, 0.29) is 11.9 Å². The number of halogens is 1. The Morgan fingerprint density at radius 3 is 2.83 bits per heavy atom. The van der Waals surface area contributed by atoms with Gasteiger partial charge in [-0.2, -0.15) is 0 Å². The number of hydrogen-bond donors (Lipinski definition) is 0. The lowest BCUT2D eigenvalue weighted by atomic mass is 10.1. The monoisotopic (exact) mass is 268 g/mol. The van der Waals surface area contributed by atoms with Gasteiger partial charge in [-0.25, -0.2) is 0 Å². The lowest BCUT2D eigenvalue weighted by Crippen LogP contribution is -2.25. The van der Waals surface area contributed by atoms with Gasteiger partial charge in [0.2, 0.25) is 0 Å². The lowest BCUT2D eigenvalue weighted by Gasteiger charge is -2.15. The number of carbonyl (C=O) groups excluding carboxylic acids is 1. The van der Waals surface area contributed by atoms with Crippen LogP contribution in [0.3, 0.4) is 0 Å². The molecule has 18 heavy (non-hydrogen) atoms. The van der Waals surface area contributed by atoms with Crippen molar-refractivity contribution in [2.75, 3.05) is 13.2 Å². The summed E-state index contributed by atoms with van der Waals surface area (Å²) in [6.07, 6.45) is 1.79. The lowest BCUT2D eigenvalue weighted by molar-refractivity contribution is -0.00759. The second-order valence-corrected chi connectivity index (χ2v) is 4.92. The maximum Gasteiger partial charge on any atom is 0.191 e. The molecule has 0 radical (unpaired) electrons. The molecule has 0 saturated carbocycles. The highest BCUT2D eigenvalue weighted by atomic mass is 35.5. The van der Waals surface area contributed by atoms with Crippen LogP contribution in [0.1, 0.15) is 30.1 Å². The van der Waals surface area contributed by atoms with E-state index in [1.54, 1.807) is 31.2 Å². The van der Waals surface area contributed by atoms with Crippen molar-refractivity contribution in [1.82, 2.24) is 0 Å². The first kappa shape index (κ1) is 13.5. The molecule has 1 heterocycles. The van der Waals surface area contributed by atoms with E-state index in [2.05, 4.69) is 0 Å². The van der Waals surface area contributed by atoms with Gasteiger partial charge in [-0.15, -0.1) is 0 Å². The highest BCUT2D eigenvalue weighted by Gasteiger charge is 2.20. The van der Waals surface area contributed by atoms with Gasteiger partial charge in [0, 0.05) is 17.2 Å². The van der Waals surface area contributed by atoms with Crippen LogP contribution in [0.4, 0.5) is 0 Å². The SMILES string of the molecule is CC(OCC1CCCO1)C(=O)c1ccc(Cl)cc1. The molecule has 1 aliphatic rings. The molecule has 4 heteroatoms. The highest BCUT2D eigenvalue weighted by Crippen LogP contribution is 2.15. The Morgan fingerprint density at radius 1 is 1.50 bits per heavy atom. The van der Waals surface area contributed by atoms with Crippen LogP contribution in [-0.4, -0.2) is 31.2 Å². The van der Waals surface area contributed by atoms with Crippen LogP contribution < -0.4 is 0 Å². The van der Waals surface area contributed by atoms with Gasteiger partial charge < -0.3 is 9.47 Å². The van der Waals surface area contributed by atoms with Gasteiger partial charge >= 0.3 is 0 Å². The summed E-state index contributed by atoms with van der Waals surface area (Å²) in [5, 5.41) is 0.625. The Balaban J connectivity index is 1.85. The van der Waals surface area contributed by atoms with Gasteiger partial charge in [0.15, 0.2) is 5.78 Å². The third kappa shape index (κ3) is 3.55. The van der Waals surface area contributed by atoms with E-state index in [0.29, 0.717) is 17.2 Å². The molecule has 2 unspecified atom stereocenters. The summed E-state index contributed by atoms with van der Waals surface area (Å²) in [6, 6.07) is 6.86. The van der Waals surface area contributed by atoms with Crippen LogP contribution in [-0.2, 0) is 9.47 Å². The van der Waals surface area contributed by atoms with Crippen molar-refractivity contribution < 1.29 is 14.3 Å². The zero-order valence-electron chi connectivity index (χ0n) is 10.4. The summed E-state index contributed by atoms with van der Waals surface area (Å²) in [6.45, 7) is 3.06. The van der Waals surface area contributed by atoms with E-state index in [1.807, 2.05) is 0 Å². The van der Waals surface area contributed by atoms with E-state index in [4.69, 9.17) is 21.1 Å². The van der Waals surface area contributed by atoms with Crippen LogP contribution in [0.5, 0.6) is 0 Å². The van der Waals surface area contributed by atoms with E-state index in [1.165, 1.54) is 0 Å². The predicted octanol–water partition coefficient (Wildman–Crippen LogP) is 3.11. The third-order valence-electron chi connectivity index (χ3n) is 3.05. The number of hydrogen-bond acceptors (Lipinski definition) is 3.